The van der Waals surface area contributed by atoms with Gasteiger partial charge in [0.2, 0.25) is 5.91 Å². The molecule has 0 aromatic carbocycles. The van der Waals surface area contributed by atoms with Gasteiger partial charge in [-0.2, -0.15) is 0 Å². The van der Waals surface area contributed by atoms with Crippen LogP contribution in [0.4, 0.5) is 0 Å². The van der Waals surface area contributed by atoms with Crippen LogP contribution in [0.3, 0.4) is 0 Å². The van der Waals surface area contributed by atoms with E-state index in [1.165, 1.54) is 0 Å². The monoisotopic (exact) mass is 202 g/mol. The summed E-state index contributed by atoms with van der Waals surface area (Å²) in [6, 6.07) is 0. The van der Waals surface area contributed by atoms with Gasteiger partial charge in [0.05, 0.1) is 6.54 Å². The zero-order chi connectivity index (χ0) is 11.0. The maximum Gasteiger partial charge on any atom is 0.233 e. The van der Waals surface area contributed by atoms with Crippen molar-refractivity contribution in [3.05, 3.63) is 0 Å². The Bertz CT molecular complexity index is 164. The Morgan fingerprint density at radius 3 is 2.50 bits per heavy atom. The van der Waals surface area contributed by atoms with Gasteiger partial charge in [0.25, 0.3) is 0 Å². The molecule has 0 rings (SSSR count). The highest BCUT2D eigenvalue weighted by atomic mass is 16.5. The van der Waals surface area contributed by atoms with Gasteiger partial charge in [0, 0.05) is 25.8 Å². The molecule has 0 aromatic heterocycles. The summed E-state index contributed by atoms with van der Waals surface area (Å²) in [5, 5.41) is 5.93. The molecule has 4 nitrogen and oxygen atoms in total. The van der Waals surface area contributed by atoms with E-state index in [1.54, 1.807) is 7.11 Å². The van der Waals surface area contributed by atoms with Crippen molar-refractivity contribution in [2.24, 2.45) is 0 Å². The molecule has 0 aliphatic carbocycles. The Kier molecular flexibility index (Phi) is 6.49. The van der Waals surface area contributed by atoms with Gasteiger partial charge in [0.15, 0.2) is 0 Å². The minimum Gasteiger partial charge on any atom is -0.385 e. The number of hydrogen-bond acceptors (Lipinski definition) is 3. The van der Waals surface area contributed by atoms with E-state index in [9.17, 15) is 4.79 Å². The zero-order valence-electron chi connectivity index (χ0n) is 9.64. The molecule has 2 N–H and O–H groups in total. The van der Waals surface area contributed by atoms with Gasteiger partial charge in [-0.05, 0) is 27.2 Å². The molecule has 1 amide bonds. The van der Waals surface area contributed by atoms with E-state index in [0.717, 1.165) is 6.42 Å². The molecule has 0 radical (unpaired) electrons. The smallest absolute Gasteiger partial charge is 0.233 e. The summed E-state index contributed by atoms with van der Waals surface area (Å²) in [6.07, 6.45) is 0.859. The van der Waals surface area contributed by atoms with Crippen LogP contribution in [0.15, 0.2) is 0 Å². The van der Waals surface area contributed by atoms with Crippen molar-refractivity contribution in [1.29, 1.82) is 0 Å². The second-order valence-electron chi connectivity index (χ2n) is 4.30. The first kappa shape index (κ1) is 13.4. The molecular weight excluding hydrogens is 180 g/mol. The largest absolute Gasteiger partial charge is 0.385 e. The minimum absolute atomic E-state index is 0.0100. The van der Waals surface area contributed by atoms with E-state index >= 15 is 0 Å². The Morgan fingerprint density at radius 2 is 2.00 bits per heavy atom. The van der Waals surface area contributed by atoms with Gasteiger partial charge in [-0.3, -0.25) is 4.79 Å². The molecule has 0 atom stereocenters. The van der Waals surface area contributed by atoms with E-state index in [4.69, 9.17) is 4.74 Å². The van der Waals surface area contributed by atoms with E-state index in [2.05, 4.69) is 10.6 Å². The van der Waals surface area contributed by atoms with Crippen LogP contribution in [-0.4, -0.2) is 38.3 Å². The van der Waals surface area contributed by atoms with E-state index < -0.39 is 0 Å². The van der Waals surface area contributed by atoms with Crippen LogP contribution in [0.1, 0.15) is 27.2 Å². The number of carbonyl (C=O) groups excluding carboxylic acids is 1. The summed E-state index contributed by atoms with van der Waals surface area (Å²) in [7, 11) is 1.66. The molecule has 0 saturated heterocycles. The minimum atomic E-state index is -0.0100. The van der Waals surface area contributed by atoms with Crippen LogP contribution >= 0.6 is 0 Å². The van der Waals surface area contributed by atoms with Crippen LogP contribution in [-0.2, 0) is 9.53 Å². The number of methoxy groups -OCH3 is 1. The molecule has 0 saturated carbocycles. The van der Waals surface area contributed by atoms with Crippen LogP contribution in [0, 0.1) is 0 Å². The fourth-order valence-corrected chi connectivity index (χ4v) is 0.852. The van der Waals surface area contributed by atoms with E-state index in [0.29, 0.717) is 19.7 Å². The summed E-state index contributed by atoms with van der Waals surface area (Å²) < 4.78 is 4.87. The number of hydrogen-bond donors (Lipinski definition) is 2. The quantitative estimate of drug-likeness (QED) is 0.618. The van der Waals surface area contributed by atoms with Gasteiger partial charge in [0.1, 0.15) is 0 Å². The molecule has 0 heterocycles. The third-order valence-electron chi connectivity index (χ3n) is 1.63. The summed E-state index contributed by atoms with van der Waals surface area (Å²) >= 11 is 0. The van der Waals surface area contributed by atoms with E-state index in [-0.39, 0.29) is 11.4 Å². The SMILES string of the molecule is COCCCNC(=O)CNC(C)(C)C. The molecule has 0 aliphatic rings. The predicted octanol–water partition coefficient (Wildman–Crippen LogP) is 0.527. The standard InChI is InChI=1S/C10H22N2O2/c1-10(2,3)12-8-9(13)11-6-5-7-14-4/h12H,5-8H2,1-4H3,(H,11,13). The average Bonchev–Trinajstić information content (AvgIpc) is 2.08. The van der Waals surface area contributed by atoms with Crippen molar-refractivity contribution in [2.75, 3.05) is 26.8 Å². The van der Waals surface area contributed by atoms with Crippen LogP contribution in [0.5, 0.6) is 0 Å². The van der Waals surface area contributed by atoms with Gasteiger partial charge >= 0.3 is 0 Å². The first-order valence-electron chi connectivity index (χ1n) is 4.96. The van der Waals surface area contributed by atoms with Crippen molar-refractivity contribution in [1.82, 2.24) is 10.6 Å². The van der Waals surface area contributed by atoms with Crippen LogP contribution in [0.2, 0.25) is 0 Å². The Hall–Kier alpha value is -0.610. The van der Waals surface area contributed by atoms with Gasteiger partial charge in [-0.1, -0.05) is 0 Å². The van der Waals surface area contributed by atoms with Crippen molar-refractivity contribution in [2.45, 2.75) is 32.7 Å². The predicted molar refractivity (Wildman–Crippen MR) is 57.3 cm³/mol. The summed E-state index contributed by atoms with van der Waals surface area (Å²) in [5.41, 5.74) is -0.0100. The lowest BCUT2D eigenvalue weighted by Gasteiger charge is -2.19. The summed E-state index contributed by atoms with van der Waals surface area (Å²) in [5.74, 6) is 0.0380. The lowest BCUT2D eigenvalue weighted by molar-refractivity contribution is -0.120. The van der Waals surface area contributed by atoms with Crippen LogP contribution in [0.25, 0.3) is 0 Å². The third-order valence-corrected chi connectivity index (χ3v) is 1.63. The lowest BCUT2D eigenvalue weighted by atomic mass is 10.1. The number of nitrogens with one attached hydrogen (secondary N) is 2. The van der Waals surface area contributed by atoms with Crippen molar-refractivity contribution in [3.8, 4) is 0 Å². The molecule has 0 aromatic rings. The second kappa shape index (κ2) is 6.79. The van der Waals surface area contributed by atoms with Crippen molar-refractivity contribution in [3.63, 3.8) is 0 Å². The molecule has 4 heteroatoms. The van der Waals surface area contributed by atoms with Gasteiger partial charge < -0.3 is 15.4 Å². The first-order valence-corrected chi connectivity index (χ1v) is 4.96. The Morgan fingerprint density at radius 1 is 1.36 bits per heavy atom. The highest BCUT2D eigenvalue weighted by Crippen LogP contribution is 1.96. The summed E-state index contributed by atoms with van der Waals surface area (Å²) in [6.45, 7) is 7.84. The molecule has 84 valence electrons. The number of rotatable bonds is 6. The molecule has 0 aliphatic heterocycles. The van der Waals surface area contributed by atoms with Crippen molar-refractivity contribution >= 4 is 5.91 Å². The topological polar surface area (TPSA) is 50.4 Å². The normalized spacial score (nSPS) is 11.4. The zero-order valence-corrected chi connectivity index (χ0v) is 9.64. The van der Waals surface area contributed by atoms with Crippen LogP contribution < -0.4 is 10.6 Å². The highest BCUT2D eigenvalue weighted by Gasteiger charge is 2.10. The Balaban J connectivity index is 3.38. The lowest BCUT2D eigenvalue weighted by Crippen LogP contribution is -2.43. The molecule has 0 bridgehead atoms. The maximum atomic E-state index is 11.2. The van der Waals surface area contributed by atoms with Gasteiger partial charge in [-0.15, -0.1) is 0 Å². The fraction of sp³-hybridized carbons (Fsp3) is 0.900. The Labute approximate surface area is 86.4 Å². The first-order chi connectivity index (χ1) is 6.45. The molecule has 0 fully saturated rings. The second-order valence-corrected chi connectivity index (χ2v) is 4.30. The average molecular weight is 202 g/mol. The highest BCUT2D eigenvalue weighted by molar-refractivity contribution is 5.78. The molecule has 14 heavy (non-hydrogen) atoms. The molecule has 0 unspecified atom stereocenters. The molecule has 0 spiro atoms. The summed E-state index contributed by atoms with van der Waals surface area (Å²) in [4.78, 5) is 11.2. The van der Waals surface area contributed by atoms with Gasteiger partial charge in [-0.25, -0.2) is 0 Å². The third kappa shape index (κ3) is 9.48. The maximum absolute atomic E-state index is 11.2. The number of ether oxygens (including phenoxy) is 1. The molecular formula is C10H22N2O2. The fourth-order valence-electron chi connectivity index (χ4n) is 0.852. The van der Waals surface area contributed by atoms with E-state index in [1.807, 2.05) is 20.8 Å². The number of amides is 1. The number of carbonyl (C=O) groups is 1. The van der Waals surface area contributed by atoms with Crippen molar-refractivity contribution < 1.29 is 9.53 Å².